The number of benzene rings is 3. The highest BCUT2D eigenvalue weighted by Gasteiger charge is 2.18. The Morgan fingerprint density at radius 3 is 2.20 bits per heavy atom. The SMILES string of the molecule is C=O.C=O.CN1CCC(CNc2cc(-c3ccccc3O)nc3c(Br)cnn23)CC1.Cc1ccc(Oc2ccccc2)cc1. The van der Waals surface area contributed by atoms with E-state index >= 15 is 0 Å². The van der Waals surface area contributed by atoms with Gasteiger partial charge < -0.3 is 29.6 Å². The molecule has 6 rings (SSSR count). The van der Waals surface area contributed by atoms with Gasteiger partial charge in [0.2, 0.25) is 0 Å². The van der Waals surface area contributed by atoms with Gasteiger partial charge in [0.05, 0.1) is 16.4 Å². The minimum Gasteiger partial charge on any atom is -0.507 e. The van der Waals surface area contributed by atoms with Crippen LogP contribution in [0.25, 0.3) is 16.9 Å². The molecule has 9 nitrogen and oxygen atoms in total. The van der Waals surface area contributed by atoms with E-state index in [4.69, 9.17) is 14.3 Å². The highest BCUT2D eigenvalue weighted by Crippen LogP contribution is 2.31. The molecule has 5 aromatic rings. The number of fused-ring (bicyclic) bond motifs is 1. The summed E-state index contributed by atoms with van der Waals surface area (Å²) in [6, 6.07) is 27.0. The summed E-state index contributed by atoms with van der Waals surface area (Å²) in [6.07, 6.45) is 4.15. The van der Waals surface area contributed by atoms with Crippen molar-refractivity contribution in [2.75, 3.05) is 32.0 Å². The number of ether oxygens (including phenoxy) is 1. The van der Waals surface area contributed by atoms with Crippen LogP contribution in [0.3, 0.4) is 0 Å². The number of nitrogens with zero attached hydrogens (tertiary/aromatic N) is 4. The van der Waals surface area contributed by atoms with Gasteiger partial charge in [-0.05, 0) is 98.1 Å². The first-order valence-electron chi connectivity index (χ1n) is 14.1. The predicted molar refractivity (Wildman–Crippen MR) is 178 cm³/mol. The number of halogens is 1. The first-order chi connectivity index (χ1) is 21.5. The maximum Gasteiger partial charge on any atom is 0.172 e. The molecule has 0 radical (unpaired) electrons. The van der Waals surface area contributed by atoms with Crippen molar-refractivity contribution >= 4 is 41.0 Å². The number of nitrogens with one attached hydrogen (secondary N) is 1. The van der Waals surface area contributed by atoms with E-state index in [0.717, 1.165) is 52.8 Å². The van der Waals surface area contributed by atoms with E-state index in [2.05, 4.69) is 50.2 Å². The quantitative estimate of drug-likeness (QED) is 0.200. The highest BCUT2D eigenvalue weighted by molar-refractivity contribution is 9.10. The molecule has 0 bridgehead atoms. The lowest BCUT2D eigenvalue weighted by Gasteiger charge is -2.29. The molecule has 1 aliphatic rings. The van der Waals surface area contributed by atoms with Crippen LogP contribution in [0.2, 0.25) is 0 Å². The van der Waals surface area contributed by atoms with Crippen LogP contribution in [0, 0.1) is 12.8 Å². The number of carbonyl (C=O) groups excluding carboxylic acids is 2. The summed E-state index contributed by atoms with van der Waals surface area (Å²) in [5, 5.41) is 18.2. The summed E-state index contributed by atoms with van der Waals surface area (Å²) in [5.74, 6) is 3.51. The summed E-state index contributed by atoms with van der Waals surface area (Å²) in [5.41, 5.74) is 3.41. The number of phenolic OH excluding ortho intramolecular Hbond substituents is 1. The summed E-state index contributed by atoms with van der Waals surface area (Å²) in [7, 11) is 2.18. The molecule has 0 atom stereocenters. The Morgan fingerprint density at radius 1 is 0.932 bits per heavy atom. The molecule has 10 heteroatoms. The van der Waals surface area contributed by atoms with Gasteiger partial charge in [-0.2, -0.15) is 9.61 Å². The van der Waals surface area contributed by atoms with Gasteiger partial charge in [-0.1, -0.05) is 48.0 Å². The Morgan fingerprint density at radius 2 is 1.55 bits per heavy atom. The van der Waals surface area contributed by atoms with Crippen molar-refractivity contribution in [2.45, 2.75) is 19.8 Å². The standard InChI is InChI=1S/C19H22BrN5O.C13H12O.2CH2O/c1-24-8-6-13(7-9-24)11-21-18-10-16(14-4-2-3-5-17(14)26)23-19-15(20)12-22-25(18)19;1-11-7-9-13(10-8-11)14-12-5-3-2-4-6-12;2*1-2/h2-5,10,12-13,21,26H,6-9,11H2,1H3;2-10H,1H3;2*1H2. The van der Waals surface area contributed by atoms with Crippen molar-refractivity contribution in [1.29, 1.82) is 0 Å². The van der Waals surface area contributed by atoms with Crippen molar-refractivity contribution in [2.24, 2.45) is 5.92 Å². The summed E-state index contributed by atoms with van der Waals surface area (Å²) >= 11 is 3.52. The van der Waals surface area contributed by atoms with Gasteiger partial charge in [-0.25, -0.2) is 4.98 Å². The smallest absolute Gasteiger partial charge is 0.172 e. The molecule has 44 heavy (non-hydrogen) atoms. The van der Waals surface area contributed by atoms with Gasteiger partial charge in [0, 0.05) is 18.2 Å². The number of aromatic hydroxyl groups is 1. The molecular formula is C34H38BrN5O4. The zero-order chi connectivity index (χ0) is 31.9. The molecule has 1 aliphatic heterocycles. The first kappa shape index (κ1) is 34.0. The van der Waals surface area contributed by atoms with Crippen LogP contribution < -0.4 is 10.1 Å². The number of hydrogen-bond donors (Lipinski definition) is 2. The van der Waals surface area contributed by atoms with Gasteiger partial charge in [0.15, 0.2) is 5.65 Å². The summed E-state index contributed by atoms with van der Waals surface area (Å²) < 4.78 is 8.27. The van der Waals surface area contributed by atoms with Crippen molar-refractivity contribution in [3.8, 4) is 28.5 Å². The predicted octanol–water partition coefficient (Wildman–Crippen LogP) is 7.04. The number of carbonyl (C=O) groups is 2. The molecule has 1 saturated heterocycles. The number of likely N-dealkylation sites (tertiary alicyclic amines) is 1. The third-order valence-electron chi connectivity index (χ3n) is 7.02. The van der Waals surface area contributed by atoms with Crippen molar-refractivity contribution in [3.63, 3.8) is 0 Å². The van der Waals surface area contributed by atoms with Crippen LogP contribution in [-0.2, 0) is 9.59 Å². The molecule has 3 heterocycles. The number of piperidine rings is 1. The Balaban J connectivity index is 0.000000248. The second-order valence-electron chi connectivity index (χ2n) is 10.1. The lowest BCUT2D eigenvalue weighted by molar-refractivity contribution is -0.0987. The molecule has 0 spiro atoms. The van der Waals surface area contributed by atoms with Crippen LogP contribution in [-0.4, -0.2) is 64.9 Å². The van der Waals surface area contributed by atoms with Gasteiger partial charge in [0.25, 0.3) is 0 Å². The van der Waals surface area contributed by atoms with Crippen LogP contribution >= 0.6 is 15.9 Å². The minimum absolute atomic E-state index is 0.223. The maximum absolute atomic E-state index is 10.2. The largest absolute Gasteiger partial charge is 0.507 e. The average Bonchev–Trinajstić information content (AvgIpc) is 3.45. The van der Waals surface area contributed by atoms with Crippen LogP contribution in [0.4, 0.5) is 5.82 Å². The molecule has 0 unspecified atom stereocenters. The second-order valence-corrected chi connectivity index (χ2v) is 11.0. The van der Waals surface area contributed by atoms with Gasteiger partial charge in [0.1, 0.15) is 36.6 Å². The molecule has 0 aliphatic carbocycles. The van der Waals surface area contributed by atoms with E-state index in [1.54, 1.807) is 12.3 Å². The molecule has 230 valence electrons. The van der Waals surface area contributed by atoms with Crippen molar-refractivity contribution in [1.82, 2.24) is 19.5 Å². The van der Waals surface area contributed by atoms with Crippen molar-refractivity contribution in [3.05, 3.63) is 101 Å². The topological polar surface area (TPSA) is 109 Å². The fourth-order valence-electron chi connectivity index (χ4n) is 4.64. The number of anilines is 1. The Kier molecular flexibility index (Phi) is 13.5. The molecule has 0 amide bonds. The Hall–Kier alpha value is -4.54. The number of rotatable bonds is 6. The number of hydrogen-bond acceptors (Lipinski definition) is 8. The van der Waals surface area contributed by atoms with E-state index in [1.165, 1.54) is 18.4 Å². The molecule has 2 N–H and O–H groups in total. The molecule has 0 saturated carbocycles. The third kappa shape index (κ3) is 9.48. The van der Waals surface area contributed by atoms with Crippen LogP contribution in [0.5, 0.6) is 17.2 Å². The normalized spacial score (nSPS) is 12.9. The van der Waals surface area contributed by atoms with Gasteiger partial charge in [-0.15, -0.1) is 0 Å². The molecular weight excluding hydrogens is 622 g/mol. The molecule has 2 aromatic heterocycles. The number of phenols is 1. The van der Waals surface area contributed by atoms with E-state index < -0.39 is 0 Å². The number of para-hydroxylation sites is 2. The van der Waals surface area contributed by atoms with Crippen LogP contribution in [0.1, 0.15) is 18.4 Å². The van der Waals surface area contributed by atoms with E-state index in [9.17, 15) is 5.11 Å². The second kappa shape index (κ2) is 17.5. The Labute approximate surface area is 266 Å². The zero-order valence-electron chi connectivity index (χ0n) is 25.0. The number of aromatic nitrogens is 3. The van der Waals surface area contributed by atoms with E-state index in [-0.39, 0.29) is 5.75 Å². The Bertz CT molecular complexity index is 1570. The first-order valence-corrected chi connectivity index (χ1v) is 14.9. The van der Waals surface area contributed by atoms with E-state index in [1.807, 2.05) is 97.0 Å². The fraction of sp³-hybridized carbons (Fsp3) is 0.235. The molecule has 1 fully saturated rings. The van der Waals surface area contributed by atoms with E-state index in [0.29, 0.717) is 11.5 Å². The summed E-state index contributed by atoms with van der Waals surface area (Å²) in [6.45, 7) is 9.26. The van der Waals surface area contributed by atoms with Crippen molar-refractivity contribution < 1.29 is 19.4 Å². The summed E-state index contributed by atoms with van der Waals surface area (Å²) in [4.78, 5) is 23.1. The van der Waals surface area contributed by atoms with Crippen LogP contribution in [0.15, 0.2) is 95.6 Å². The lowest BCUT2D eigenvalue weighted by Crippen LogP contribution is -2.33. The lowest BCUT2D eigenvalue weighted by atomic mass is 9.97. The zero-order valence-corrected chi connectivity index (χ0v) is 26.6. The monoisotopic (exact) mass is 659 g/mol. The average molecular weight is 661 g/mol. The van der Waals surface area contributed by atoms with Gasteiger partial charge >= 0.3 is 0 Å². The highest BCUT2D eigenvalue weighted by atomic mass is 79.9. The number of aryl methyl sites for hydroxylation is 1. The van der Waals surface area contributed by atoms with Gasteiger partial charge in [-0.3, -0.25) is 0 Å². The fourth-order valence-corrected chi connectivity index (χ4v) is 4.98. The third-order valence-corrected chi connectivity index (χ3v) is 7.58. The minimum atomic E-state index is 0.223. The molecule has 3 aromatic carbocycles. The maximum atomic E-state index is 10.2.